The van der Waals surface area contributed by atoms with E-state index < -0.39 is 0 Å². The smallest absolute Gasteiger partial charge is 0.163 e. The lowest BCUT2D eigenvalue weighted by Gasteiger charge is -2.08. The highest BCUT2D eigenvalue weighted by atomic mass is 15.3. The number of nitrogens with zero attached hydrogens (tertiary/aromatic N) is 2. The molecule has 0 bridgehead atoms. The van der Waals surface area contributed by atoms with E-state index in [0.29, 0.717) is 5.82 Å². The number of aryl methyl sites for hydroxylation is 1. The first-order valence-electron chi connectivity index (χ1n) is 5.23. The molecule has 1 aromatic carbocycles. The molecule has 0 unspecified atom stereocenters. The van der Waals surface area contributed by atoms with Gasteiger partial charge in [-0.15, -0.1) is 5.10 Å². The summed E-state index contributed by atoms with van der Waals surface area (Å²) in [5.74, 6) is 5.92. The first-order chi connectivity index (χ1) is 7.85. The van der Waals surface area contributed by atoms with Crippen molar-refractivity contribution in [3.63, 3.8) is 0 Å². The molecule has 3 N–H and O–H groups in total. The predicted octanol–water partition coefficient (Wildman–Crippen LogP) is 1.99. The number of nitrogens with one attached hydrogen (secondary N) is 1. The maximum Gasteiger partial charge on any atom is 0.163 e. The van der Waals surface area contributed by atoms with Crippen molar-refractivity contribution >= 4 is 5.82 Å². The van der Waals surface area contributed by atoms with Crippen molar-refractivity contribution in [1.29, 1.82) is 0 Å². The van der Waals surface area contributed by atoms with Gasteiger partial charge in [0.15, 0.2) is 5.82 Å². The van der Waals surface area contributed by atoms with E-state index in [9.17, 15) is 0 Å². The Morgan fingerprint density at radius 3 is 2.56 bits per heavy atom. The van der Waals surface area contributed by atoms with Crippen LogP contribution in [-0.4, -0.2) is 10.2 Å². The SMILES string of the molecule is CCc1nnc(NN)cc1-c1ccccc1. The molecule has 0 spiro atoms. The van der Waals surface area contributed by atoms with Gasteiger partial charge >= 0.3 is 0 Å². The van der Waals surface area contributed by atoms with Crippen LogP contribution in [0, 0.1) is 0 Å². The predicted molar refractivity (Wildman–Crippen MR) is 64.7 cm³/mol. The second kappa shape index (κ2) is 4.72. The fraction of sp³-hybridized carbons (Fsp3) is 0.167. The van der Waals surface area contributed by atoms with Crippen LogP contribution in [-0.2, 0) is 6.42 Å². The largest absolute Gasteiger partial charge is 0.307 e. The van der Waals surface area contributed by atoms with Crippen LogP contribution in [0.2, 0.25) is 0 Å². The first kappa shape index (κ1) is 10.6. The Morgan fingerprint density at radius 2 is 1.94 bits per heavy atom. The molecule has 0 atom stereocenters. The van der Waals surface area contributed by atoms with E-state index in [4.69, 9.17) is 5.84 Å². The lowest BCUT2D eigenvalue weighted by molar-refractivity contribution is 0.921. The Bertz CT molecular complexity index is 468. The molecule has 0 saturated carbocycles. The first-order valence-corrected chi connectivity index (χ1v) is 5.23. The molecule has 4 nitrogen and oxygen atoms in total. The van der Waals surface area contributed by atoms with Crippen molar-refractivity contribution in [2.24, 2.45) is 5.84 Å². The van der Waals surface area contributed by atoms with Crippen LogP contribution >= 0.6 is 0 Å². The Morgan fingerprint density at radius 1 is 1.19 bits per heavy atom. The number of hydrogen-bond donors (Lipinski definition) is 2. The zero-order valence-electron chi connectivity index (χ0n) is 9.14. The van der Waals surface area contributed by atoms with Crippen LogP contribution in [0.3, 0.4) is 0 Å². The molecule has 16 heavy (non-hydrogen) atoms. The molecule has 0 aliphatic rings. The summed E-state index contributed by atoms with van der Waals surface area (Å²) in [6.07, 6.45) is 0.849. The number of anilines is 1. The number of nitrogen functional groups attached to an aromatic ring is 1. The van der Waals surface area contributed by atoms with Gasteiger partial charge in [0.2, 0.25) is 0 Å². The number of hydrogen-bond acceptors (Lipinski definition) is 4. The lowest BCUT2D eigenvalue weighted by Crippen LogP contribution is -2.10. The zero-order valence-corrected chi connectivity index (χ0v) is 9.14. The van der Waals surface area contributed by atoms with E-state index in [-0.39, 0.29) is 0 Å². The molecule has 0 aliphatic carbocycles. The van der Waals surface area contributed by atoms with Crippen LogP contribution in [0.15, 0.2) is 36.4 Å². The molecule has 2 aromatic rings. The third-order valence-electron chi connectivity index (χ3n) is 2.44. The quantitative estimate of drug-likeness (QED) is 0.606. The molecule has 0 fully saturated rings. The van der Waals surface area contributed by atoms with Gasteiger partial charge in [0.25, 0.3) is 0 Å². The molecule has 0 radical (unpaired) electrons. The molecule has 82 valence electrons. The van der Waals surface area contributed by atoms with Gasteiger partial charge < -0.3 is 5.43 Å². The zero-order chi connectivity index (χ0) is 11.4. The number of aromatic nitrogens is 2. The van der Waals surface area contributed by atoms with Gasteiger partial charge in [-0.3, -0.25) is 0 Å². The Labute approximate surface area is 94.5 Å². The summed E-state index contributed by atoms with van der Waals surface area (Å²) >= 11 is 0. The number of rotatable bonds is 3. The molecule has 0 amide bonds. The number of benzene rings is 1. The van der Waals surface area contributed by atoms with Gasteiger partial charge in [-0.1, -0.05) is 37.3 Å². The van der Waals surface area contributed by atoms with Crippen molar-refractivity contribution in [3.05, 3.63) is 42.1 Å². The fourth-order valence-corrected chi connectivity index (χ4v) is 1.62. The van der Waals surface area contributed by atoms with Crippen LogP contribution in [0.4, 0.5) is 5.82 Å². The average Bonchev–Trinajstić information content (AvgIpc) is 2.39. The van der Waals surface area contributed by atoms with Crippen LogP contribution < -0.4 is 11.3 Å². The highest BCUT2D eigenvalue weighted by Crippen LogP contribution is 2.23. The molecule has 1 heterocycles. The van der Waals surface area contributed by atoms with Crippen molar-refractivity contribution < 1.29 is 0 Å². The second-order valence-electron chi connectivity index (χ2n) is 3.45. The molecule has 0 saturated heterocycles. The summed E-state index contributed by atoms with van der Waals surface area (Å²) in [4.78, 5) is 0. The molecule has 1 aromatic heterocycles. The Hall–Kier alpha value is -1.94. The third kappa shape index (κ3) is 2.01. The topological polar surface area (TPSA) is 63.8 Å². The Balaban J connectivity index is 2.53. The minimum Gasteiger partial charge on any atom is -0.307 e. The van der Waals surface area contributed by atoms with Crippen molar-refractivity contribution in [3.8, 4) is 11.1 Å². The molecule has 0 aliphatic heterocycles. The Kier molecular flexibility index (Phi) is 3.12. The van der Waals surface area contributed by atoms with E-state index in [2.05, 4.69) is 34.7 Å². The lowest BCUT2D eigenvalue weighted by atomic mass is 10.0. The van der Waals surface area contributed by atoms with Crippen molar-refractivity contribution in [2.45, 2.75) is 13.3 Å². The van der Waals surface area contributed by atoms with E-state index in [1.54, 1.807) is 0 Å². The van der Waals surface area contributed by atoms with Gasteiger partial charge in [-0.25, -0.2) is 5.84 Å². The summed E-state index contributed by atoms with van der Waals surface area (Å²) in [6, 6.07) is 12.0. The molecular weight excluding hydrogens is 200 g/mol. The van der Waals surface area contributed by atoms with E-state index in [1.165, 1.54) is 0 Å². The minimum absolute atomic E-state index is 0.580. The fourth-order valence-electron chi connectivity index (χ4n) is 1.62. The van der Waals surface area contributed by atoms with Gasteiger partial charge in [0, 0.05) is 5.56 Å². The highest BCUT2D eigenvalue weighted by molar-refractivity contribution is 5.68. The standard InChI is InChI=1S/C12H14N4/c1-2-11-10(8-12(14-13)16-15-11)9-6-4-3-5-7-9/h3-8H,2,13H2,1H3,(H,14,16). The molecule has 4 heteroatoms. The van der Waals surface area contributed by atoms with Gasteiger partial charge in [0.1, 0.15) is 0 Å². The summed E-state index contributed by atoms with van der Waals surface area (Å²) in [5, 5.41) is 8.12. The maximum atomic E-state index is 5.34. The summed E-state index contributed by atoms with van der Waals surface area (Å²) in [7, 11) is 0. The maximum absolute atomic E-state index is 5.34. The number of nitrogens with two attached hydrogens (primary N) is 1. The monoisotopic (exact) mass is 214 g/mol. The van der Waals surface area contributed by atoms with Crippen molar-refractivity contribution in [2.75, 3.05) is 5.43 Å². The summed E-state index contributed by atoms with van der Waals surface area (Å²) in [5.41, 5.74) is 5.70. The third-order valence-corrected chi connectivity index (χ3v) is 2.44. The van der Waals surface area contributed by atoms with E-state index >= 15 is 0 Å². The summed E-state index contributed by atoms with van der Waals surface area (Å²) < 4.78 is 0. The summed E-state index contributed by atoms with van der Waals surface area (Å²) in [6.45, 7) is 2.06. The second-order valence-corrected chi connectivity index (χ2v) is 3.45. The van der Waals surface area contributed by atoms with E-state index in [1.807, 2.05) is 24.3 Å². The van der Waals surface area contributed by atoms with Crippen LogP contribution in [0.25, 0.3) is 11.1 Å². The normalized spacial score (nSPS) is 10.1. The van der Waals surface area contributed by atoms with Crippen molar-refractivity contribution in [1.82, 2.24) is 10.2 Å². The molecular formula is C12H14N4. The van der Waals surface area contributed by atoms with Gasteiger partial charge in [0.05, 0.1) is 5.69 Å². The highest BCUT2D eigenvalue weighted by Gasteiger charge is 2.06. The minimum atomic E-state index is 0.580. The number of hydrazine groups is 1. The van der Waals surface area contributed by atoms with Gasteiger partial charge in [-0.2, -0.15) is 5.10 Å². The average molecular weight is 214 g/mol. The van der Waals surface area contributed by atoms with Crippen LogP contribution in [0.1, 0.15) is 12.6 Å². The van der Waals surface area contributed by atoms with E-state index in [0.717, 1.165) is 23.2 Å². The van der Waals surface area contributed by atoms with Crippen LogP contribution in [0.5, 0.6) is 0 Å². The molecule has 2 rings (SSSR count). The van der Waals surface area contributed by atoms with Gasteiger partial charge in [-0.05, 0) is 18.1 Å².